The largest absolute Gasteiger partial charge is 0.465 e. The smallest absolute Gasteiger partial charge is 0.323 e. The maximum Gasteiger partial charge on any atom is 0.323 e. The highest BCUT2D eigenvalue weighted by Gasteiger charge is 2.27. The molecule has 1 unspecified atom stereocenters. The number of benzene rings is 1. The average molecular weight is 385 g/mol. The molecule has 1 aromatic carbocycles. The molecule has 3 rings (SSSR count). The van der Waals surface area contributed by atoms with Crippen LogP contribution in [0.1, 0.15) is 32.3 Å². The van der Waals surface area contributed by atoms with Gasteiger partial charge in [-0.15, -0.1) is 11.3 Å². The molecule has 0 bridgehead atoms. The minimum atomic E-state index is -0.186. The Morgan fingerprint density at radius 1 is 1.41 bits per heavy atom. The van der Waals surface area contributed by atoms with E-state index in [0.29, 0.717) is 18.2 Å². The molecule has 7 heteroatoms. The number of carbonyl (C=O) groups is 1. The second-order valence-corrected chi connectivity index (χ2v) is 7.47. The van der Waals surface area contributed by atoms with E-state index >= 15 is 0 Å². The highest BCUT2D eigenvalue weighted by molar-refractivity contribution is 7.14. The number of nitrogens with zero attached hydrogens (tertiary/aromatic N) is 3. The van der Waals surface area contributed by atoms with Crippen LogP contribution in [-0.2, 0) is 9.53 Å². The molecular weight excluding hydrogens is 360 g/mol. The van der Waals surface area contributed by atoms with Crippen LogP contribution in [0.3, 0.4) is 0 Å². The van der Waals surface area contributed by atoms with Crippen LogP contribution in [0.15, 0.2) is 29.6 Å². The van der Waals surface area contributed by atoms with Crippen molar-refractivity contribution in [3.63, 3.8) is 0 Å². The van der Waals surface area contributed by atoms with Crippen LogP contribution < -0.4 is 5.32 Å². The topological polar surface area (TPSA) is 78.2 Å². The second kappa shape index (κ2) is 8.98. The Morgan fingerprint density at radius 2 is 2.11 bits per heavy atom. The van der Waals surface area contributed by atoms with Crippen LogP contribution in [-0.4, -0.2) is 47.6 Å². The fraction of sp³-hybridized carbons (Fsp3) is 0.450. The molecule has 1 fully saturated rings. The summed E-state index contributed by atoms with van der Waals surface area (Å²) in [6.45, 7) is 5.90. The lowest BCUT2D eigenvalue weighted by Crippen LogP contribution is -2.47. The molecule has 0 aliphatic carbocycles. The first-order chi connectivity index (χ1) is 13.1. The van der Waals surface area contributed by atoms with Gasteiger partial charge in [0.1, 0.15) is 6.04 Å². The van der Waals surface area contributed by atoms with Gasteiger partial charge in [-0.1, -0.05) is 12.1 Å². The monoisotopic (exact) mass is 384 g/mol. The summed E-state index contributed by atoms with van der Waals surface area (Å²) >= 11 is 1.59. The van der Waals surface area contributed by atoms with Gasteiger partial charge in [-0.3, -0.25) is 9.69 Å². The number of nitrogens with one attached hydrogen (secondary N) is 1. The van der Waals surface area contributed by atoms with E-state index in [-0.39, 0.29) is 12.0 Å². The third-order valence-corrected chi connectivity index (χ3v) is 5.62. The second-order valence-electron chi connectivity index (χ2n) is 6.61. The quantitative estimate of drug-likeness (QED) is 0.768. The normalized spacial score (nSPS) is 16.5. The molecule has 1 atom stereocenters. The van der Waals surface area contributed by atoms with Crippen molar-refractivity contribution in [2.24, 2.45) is 0 Å². The Morgan fingerprint density at radius 3 is 2.74 bits per heavy atom. The van der Waals surface area contributed by atoms with Crippen molar-refractivity contribution in [3.05, 3.63) is 35.2 Å². The molecule has 2 heterocycles. The first-order valence-corrected chi connectivity index (χ1v) is 10.1. The Hall–Kier alpha value is -2.43. The lowest BCUT2D eigenvalue weighted by Gasteiger charge is -2.35. The molecule has 27 heavy (non-hydrogen) atoms. The molecule has 0 spiro atoms. The van der Waals surface area contributed by atoms with Gasteiger partial charge < -0.3 is 10.1 Å². The minimum Gasteiger partial charge on any atom is -0.465 e. The van der Waals surface area contributed by atoms with Crippen molar-refractivity contribution in [1.29, 1.82) is 5.26 Å². The van der Waals surface area contributed by atoms with Crippen LogP contribution in [0.5, 0.6) is 0 Å². The van der Waals surface area contributed by atoms with Crippen molar-refractivity contribution in [2.45, 2.75) is 38.8 Å². The summed E-state index contributed by atoms with van der Waals surface area (Å²) in [6, 6.07) is 9.76. The first kappa shape index (κ1) is 19.3. The van der Waals surface area contributed by atoms with Crippen molar-refractivity contribution in [1.82, 2.24) is 9.88 Å². The van der Waals surface area contributed by atoms with Gasteiger partial charge in [0.15, 0.2) is 5.13 Å². The molecule has 142 valence electrons. The number of anilines is 1. The molecule has 1 N–H and O–H groups in total. The van der Waals surface area contributed by atoms with Gasteiger partial charge in [-0.05, 0) is 38.8 Å². The first-order valence-electron chi connectivity index (χ1n) is 9.24. The SMILES string of the molecule is CCOC(=O)C(C)N1CCC(Nc2nc(-c3ccc(C#N)cc3)cs2)CC1. The average Bonchev–Trinajstić information content (AvgIpc) is 3.17. The van der Waals surface area contributed by atoms with Gasteiger partial charge in [-0.2, -0.15) is 5.26 Å². The molecule has 0 radical (unpaired) electrons. The summed E-state index contributed by atoms with van der Waals surface area (Å²) in [5, 5.41) is 15.4. The van der Waals surface area contributed by atoms with Crippen molar-refractivity contribution >= 4 is 22.4 Å². The fourth-order valence-electron chi connectivity index (χ4n) is 3.21. The fourth-order valence-corrected chi connectivity index (χ4v) is 4.00. The number of likely N-dealkylation sites (tertiary alicyclic amines) is 1. The third-order valence-electron chi connectivity index (χ3n) is 4.85. The number of esters is 1. The van der Waals surface area contributed by atoms with Crippen molar-refractivity contribution in [2.75, 3.05) is 25.0 Å². The van der Waals surface area contributed by atoms with Crippen LogP contribution in [0.2, 0.25) is 0 Å². The number of hydrogen-bond acceptors (Lipinski definition) is 7. The lowest BCUT2D eigenvalue weighted by atomic mass is 10.0. The van der Waals surface area contributed by atoms with E-state index in [2.05, 4.69) is 21.3 Å². The van der Waals surface area contributed by atoms with E-state index in [1.54, 1.807) is 11.3 Å². The van der Waals surface area contributed by atoms with Gasteiger partial charge in [-0.25, -0.2) is 4.98 Å². The van der Waals surface area contributed by atoms with Gasteiger partial charge in [0.25, 0.3) is 0 Å². The molecule has 2 aromatic rings. The molecule has 0 amide bonds. The number of aromatic nitrogens is 1. The van der Waals surface area contributed by atoms with E-state index in [1.807, 2.05) is 43.5 Å². The summed E-state index contributed by atoms with van der Waals surface area (Å²) in [6.07, 6.45) is 1.94. The van der Waals surface area contributed by atoms with Crippen LogP contribution in [0.4, 0.5) is 5.13 Å². The van der Waals surface area contributed by atoms with Crippen LogP contribution >= 0.6 is 11.3 Å². The van der Waals surface area contributed by atoms with E-state index in [0.717, 1.165) is 42.3 Å². The number of nitriles is 1. The Balaban J connectivity index is 1.53. The van der Waals surface area contributed by atoms with E-state index < -0.39 is 0 Å². The molecule has 6 nitrogen and oxygen atoms in total. The highest BCUT2D eigenvalue weighted by atomic mass is 32.1. The predicted molar refractivity (Wildman–Crippen MR) is 107 cm³/mol. The maximum atomic E-state index is 11.9. The van der Waals surface area contributed by atoms with Crippen molar-refractivity contribution < 1.29 is 9.53 Å². The molecule has 1 aliphatic rings. The predicted octanol–water partition coefficient (Wildman–Crippen LogP) is 3.51. The van der Waals surface area contributed by atoms with Crippen molar-refractivity contribution in [3.8, 4) is 17.3 Å². The Kier molecular flexibility index (Phi) is 6.43. The van der Waals surface area contributed by atoms with Crippen LogP contribution in [0, 0.1) is 11.3 Å². The summed E-state index contributed by atoms with van der Waals surface area (Å²) in [5.41, 5.74) is 2.58. The lowest BCUT2D eigenvalue weighted by molar-refractivity contribution is -0.149. The third kappa shape index (κ3) is 4.85. The van der Waals surface area contributed by atoms with Gasteiger partial charge in [0.2, 0.25) is 0 Å². The summed E-state index contributed by atoms with van der Waals surface area (Å²) in [7, 11) is 0. The zero-order valence-corrected chi connectivity index (χ0v) is 16.5. The molecule has 1 aromatic heterocycles. The molecule has 1 aliphatic heterocycles. The number of ether oxygens (including phenoxy) is 1. The maximum absolute atomic E-state index is 11.9. The van der Waals surface area contributed by atoms with Crippen LogP contribution in [0.25, 0.3) is 11.3 Å². The number of carbonyl (C=O) groups excluding carboxylic acids is 1. The highest BCUT2D eigenvalue weighted by Crippen LogP contribution is 2.27. The van der Waals surface area contributed by atoms with Gasteiger partial charge in [0, 0.05) is 30.1 Å². The Labute approximate surface area is 163 Å². The number of hydrogen-bond donors (Lipinski definition) is 1. The zero-order valence-electron chi connectivity index (χ0n) is 15.6. The minimum absolute atomic E-state index is 0.143. The molecule has 1 saturated heterocycles. The van der Waals surface area contributed by atoms with E-state index in [1.165, 1.54) is 0 Å². The van der Waals surface area contributed by atoms with E-state index in [9.17, 15) is 4.79 Å². The number of piperidine rings is 1. The van der Waals surface area contributed by atoms with E-state index in [4.69, 9.17) is 10.00 Å². The molecular formula is C20H24N4O2S. The Bertz CT molecular complexity index is 804. The van der Waals surface area contributed by atoms with Gasteiger partial charge in [0.05, 0.1) is 23.9 Å². The summed E-state index contributed by atoms with van der Waals surface area (Å²) in [4.78, 5) is 18.7. The summed E-state index contributed by atoms with van der Waals surface area (Å²) < 4.78 is 5.12. The standard InChI is InChI=1S/C20H24N4O2S/c1-3-26-19(25)14(2)24-10-8-17(9-11-24)22-20-23-18(13-27-20)16-6-4-15(12-21)5-7-16/h4-7,13-14,17H,3,8-11H2,1-2H3,(H,22,23). The molecule has 0 saturated carbocycles. The number of rotatable bonds is 6. The number of thiazole rings is 1. The zero-order chi connectivity index (χ0) is 19.2. The van der Waals surface area contributed by atoms with Gasteiger partial charge >= 0.3 is 5.97 Å². The summed E-state index contributed by atoms with van der Waals surface area (Å²) in [5.74, 6) is -0.143.